The molecule has 128 valence electrons. The molecule has 0 aromatic heterocycles. The van der Waals surface area contributed by atoms with Gasteiger partial charge < -0.3 is 15.2 Å². The number of hydrogen-bond donors (Lipinski definition) is 2. The van der Waals surface area contributed by atoms with Gasteiger partial charge in [0.15, 0.2) is 0 Å². The summed E-state index contributed by atoms with van der Waals surface area (Å²) >= 11 is 0. The van der Waals surface area contributed by atoms with Gasteiger partial charge in [-0.1, -0.05) is 6.92 Å². The van der Waals surface area contributed by atoms with E-state index in [0.717, 1.165) is 24.8 Å². The number of phenolic OH excluding ortho intramolecular Hbond substituents is 1. The molecule has 0 atom stereocenters. The van der Waals surface area contributed by atoms with E-state index in [4.69, 9.17) is 9.73 Å². The molecule has 0 amide bonds. The Hall–Kier alpha value is -1.55. The third kappa shape index (κ3) is 5.24. The van der Waals surface area contributed by atoms with Gasteiger partial charge in [0.05, 0.1) is 23.7 Å². The average molecular weight is 319 g/mol. The maximum absolute atomic E-state index is 10.1. The molecular weight excluding hydrogens is 288 g/mol. The molecule has 1 aliphatic heterocycles. The molecule has 1 aromatic carbocycles. The second-order valence-electron chi connectivity index (χ2n) is 8.03. The highest BCUT2D eigenvalue weighted by Crippen LogP contribution is 2.26. The number of ether oxygens (including phenoxy) is 1. The van der Waals surface area contributed by atoms with Gasteiger partial charge in [-0.15, -0.1) is 0 Å². The second-order valence-corrected chi connectivity index (χ2v) is 8.03. The smallest absolute Gasteiger partial charge is 0.128 e. The van der Waals surface area contributed by atoms with Crippen LogP contribution in [0.25, 0.3) is 0 Å². The molecule has 4 heteroatoms. The SMILES string of the molecule is CCCOc1ccc(C=NC2CC(C)(C)[NH2+]C(C)(C)C2)c(O)c1. The highest BCUT2D eigenvalue weighted by Gasteiger charge is 2.41. The van der Waals surface area contributed by atoms with Crippen LogP contribution in [0.2, 0.25) is 0 Å². The Labute approximate surface area is 140 Å². The van der Waals surface area contributed by atoms with Gasteiger partial charge in [-0.2, -0.15) is 0 Å². The van der Waals surface area contributed by atoms with Crippen molar-refractivity contribution in [1.82, 2.24) is 0 Å². The van der Waals surface area contributed by atoms with E-state index in [1.807, 2.05) is 12.1 Å². The van der Waals surface area contributed by atoms with E-state index in [9.17, 15) is 5.11 Å². The lowest BCUT2D eigenvalue weighted by Gasteiger charge is -2.41. The predicted molar refractivity (Wildman–Crippen MR) is 94.6 cm³/mol. The molecule has 1 fully saturated rings. The molecule has 0 saturated carbocycles. The van der Waals surface area contributed by atoms with Gasteiger partial charge in [-0.05, 0) is 46.2 Å². The van der Waals surface area contributed by atoms with Gasteiger partial charge >= 0.3 is 0 Å². The highest BCUT2D eigenvalue weighted by atomic mass is 16.5. The van der Waals surface area contributed by atoms with Crippen molar-refractivity contribution in [2.75, 3.05) is 6.61 Å². The van der Waals surface area contributed by atoms with E-state index in [1.54, 1.807) is 12.3 Å². The van der Waals surface area contributed by atoms with Gasteiger partial charge in [0.1, 0.15) is 11.5 Å². The predicted octanol–water partition coefficient (Wildman–Crippen LogP) is 2.88. The Bertz CT molecular complexity index is 548. The first-order valence-corrected chi connectivity index (χ1v) is 8.57. The summed E-state index contributed by atoms with van der Waals surface area (Å²) in [5, 5.41) is 12.6. The quantitative estimate of drug-likeness (QED) is 0.820. The molecular formula is C19H31N2O2+. The zero-order chi connectivity index (χ0) is 17.1. The fraction of sp³-hybridized carbons (Fsp3) is 0.632. The number of benzene rings is 1. The van der Waals surface area contributed by atoms with Crippen LogP contribution in [0.1, 0.15) is 59.4 Å². The Morgan fingerprint density at radius 1 is 1.26 bits per heavy atom. The van der Waals surface area contributed by atoms with Crippen LogP contribution >= 0.6 is 0 Å². The van der Waals surface area contributed by atoms with E-state index in [2.05, 4.69) is 39.9 Å². The van der Waals surface area contributed by atoms with Crippen molar-refractivity contribution < 1.29 is 15.2 Å². The Balaban J connectivity index is 2.07. The summed E-state index contributed by atoms with van der Waals surface area (Å²) in [5.74, 6) is 0.930. The molecule has 2 rings (SSSR count). The minimum atomic E-state index is 0.198. The third-order valence-electron chi connectivity index (χ3n) is 4.20. The number of aliphatic imine (C=N–C) groups is 1. The molecule has 0 unspecified atom stereocenters. The van der Waals surface area contributed by atoms with E-state index in [-0.39, 0.29) is 16.8 Å². The number of piperidine rings is 1. The molecule has 0 bridgehead atoms. The summed E-state index contributed by atoms with van der Waals surface area (Å²) in [6.45, 7) is 11.8. The van der Waals surface area contributed by atoms with Crippen molar-refractivity contribution in [2.24, 2.45) is 4.99 Å². The number of nitrogens with zero attached hydrogens (tertiary/aromatic N) is 1. The second kappa shape index (κ2) is 6.91. The monoisotopic (exact) mass is 319 g/mol. The molecule has 0 radical (unpaired) electrons. The Morgan fingerprint density at radius 2 is 1.91 bits per heavy atom. The first kappa shape index (κ1) is 17.8. The number of nitrogens with two attached hydrogens (primary N) is 1. The molecule has 3 N–H and O–H groups in total. The van der Waals surface area contributed by atoms with Gasteiger partial charge in [-0.3, -0.25) is 4.99 Å². The van der Waals surface area contributed by atoms with Gasteiger partial charge in [-0.25, -0.2) is 0 Å². The normalized spacial score (nSPS) is 20.7. The minimum absolute atomic E-state index is 0.198. The van der Waals surface area contributed by atoms with Crippen LogP contribution in [0.3, 0.4) is 0 Å². The lowest BCUT2D eigenvalue weighted by atomic mass is 9.80. The van der Waals surface area contributed by atoms with Crippen molar-refractivity contribution in [2.45, 2.75) is 71.0 Å². The first-order chi connectivity index (χ1) is 10.7. The molecule has 0 spiro atoms. The summed E-state index contributed by atoms with van der Waals surface area (Å²) < 4.78 is 5.53. The molecule has 1 aliphatic rings. The number of rotatable bonds is 5. The fourth-order valence-electron chi connectivity index (χ4n) is 3.70. The van der Waals surface area contributed by atoms with E-state index >= 15 is 0 Å². The van der Waals surface area contributed by atoms with Crippen LogP contribution in [0.15, 0.2) is 23.2 Å². The first-order valence-electron chi connectivity index (χ1n) is 8.57. The summed E-state index contributed by atoms with van der Waals surface area (Å²) in [6.07, 6.45) is 4.85. The summed E-state index contributed by atoms with van der Waals surface area (Å²) in [6, 6.07) is 5.72. The lowest BCUT2D eigenvalue weighted by molar-refractivity contribution is -0.787. The summed E-state index contributed by atoms with van der Waals surface area (Å²) in [5.41, 5.74) is 1.15. The van der Waals surface area contributed by atoms with Crippen LogP contribution in [-0.2, 0) is 0 Å². The van der Waals surface area contributed by atoms with Crippen LogP contribution < -0.4 is 10.1 Å². The topological polar surface area (TPSA) is 58.4 Å². The van der Waals surface area contributed by atoms with Crippen LogP contribution in [0.4, 0.5) is 0 Å². The number of hydrogen-bond acceptors (Lipinski definition) is 3. The maximum atomic E-state index is 10.1. The van der Waals surface area contributed by atoms with Crippen molar-refractivity contribution in [1.29, 1.82) is 0 Å². The van der Waals surface area contributed by atoms with Gasteiger partial charge in [0, 0.05) is 30.7 Å². The van der Waals surface area contributed by atoms with Crippen molar-refractivity contribution in [3.63, 3.8) is 0 Å². The molecule has 1 saturated heterocycles. The summed E-state index contributed by atoms with van der Waals surface area (Å²) in [4.78, 5) is 4.75. The molecule has 1 aromatic rings. The zero-order valence-electron chi connectivity index (χ0n) is 15.1. The largest absolute Gasteiger partial charge is 0.507 e. The van der Waals surface area contributed by atoms with Gasteiger partial charge in [0.25, 0.3) is 0 Å². The van der Waals surface area contributed by atoms with Gasteiger partial charge in [0.2, 0.25) is 0 Å². The minimum Gasteiger partial charge on any atom is -0.507 e. The third-order valence-corrected chi connectivity index (χ3v) is 4.20. The highest BCUT2D eigenvalue weighted by molar-refractivity contribution is 5.83. The zero-order valence-corrected chi connectivity index (χ0v) is 15.1. The van der Waals surface area contributed by atoms with Crippen LogP contribution in [-0.4, -0.2) is 35.0 Å². The lowest BCUT2D eigenvalue weighted by Crippen LogP contribution is -3.05. The van der Waals surface area contributed by atoms with Crippen molar-refractivity contribution in [3.05, 3.63) is 23.8 Å². The fourth-order valence-corrected chi connectivity index (χ4v) is 3.70. The summed E-state index contributed by atoms with van der Waals surface area (Å²) in [7, 11) is 0. The van der Waals surface area contributed by atoms with Crippen LogP contribution in [0, 0.1) is 0 Å². The van der Waals surface area contributed by atoms with Crippen molar-refractivity contribution in [3.8, 4) is 11.5 Å². The Kier molecular flexibility index (Phi) is 5.35. The van der Waals surface area contributed by atoms with Crippen molar-refractivity contribution >= 4 is 6.21 Å². The Morgan fingerprint density at radius 3 is 2.48 bits per heavy atom. The molecule has 1 heterocycles. The van der Waals surface area contributed by atoms with Crippen LogP contribution in [0.5, 0.6) is 11.5 Å². The number of quaternary nitrogens is 1. The van der Waals surface area contributed by atoms with E-state index in [0.29, 0.717) is 18.4 Å². The average Bonchev–Trinajstić information content (AvgIpc) is 2.40. The van der Waals surface area contributed by atoms with E-state index < -0.39 is 0 Å². The maximum Gasteiger partial charge on any atom is 0.128 e. The number of aromatic hydroxyl groups is 1. The van der Waals surface area contributed by atoms with E-state index in [1.165, 1.54) is 0 Å². The molecule has 4 nitrogen and oxygen atoms in total. The molecule has 23 heavy (non-hydrogen) atoms. The number of phenols is 1. The standard InChI is InChI=1S/C19H30N2O2/c1-6-9-23-16-8-7-14(17(22)10-16)13-20-15-11-18(2,3)21-19(4,5)12-15/h7-8,10,13,15,21-22H,6,9,11-12H2,1-5H3/p+1. The molecule has 0 aliphatic carbocycles.